The third-order valence-corrected chi connectivity index (χ3v) is 4.55. The first kappa shape index (κ1) is 11.3. The van der Waals surface area contributed by atoms with Crippen LogP contribution >= 0.6 is 0 Å². The number of nitrogens with one attached hydrogen (secondary N) is 1. The largest absolute Gasteiger partial charge is 0.346 e. The number of hydrogen-bond donors (Lipinski definition) is 1. The van der Waals surface area contributed by atoms with Gasteiger partial charge in [0.2, 0.25) is 0 Å². The van der Waals surface area contributed by atoms with Crippen LogP contribution in [0, 0.1) is 11.8 Å². The highest BCUT2D eigenvalue weighted by Gasteiger charge is 2.21. The molecule has 1 atom stereocenters. The molecule has 1 N–H and O–H groups in total. The number of imidazole rings is 1. The fourth-order valence-corrected chi connectivity index (χ4v) is 3.48. The summed E-state index contributed by atoms with van der Waals surface area (Å²) in [5.74, 6) is 3.01. The maximum atomic E-state index is 4.82. The van der Waals surface area contributed by atoms with E-state index in [2.05, 4.69) is 11.9 Å². The van der Waals surface area contributed by atoms with Gasteiger partial charge in [-0.1, -0.05) is 39.0 Å². The molecule has 1 unspecified atom stereocenters. The smallest absolute Gasteiger partial charge is 0.106 e. The zero-order chi connectivity index (χ0) is 11.7. The second-order valence-corrected chi connectivity index (χ2v) is 6.16. The van der Waals surface area contributed by atoms with Gasteiger partial charge in [-0.3, -0.25) is 0 Å². The normalized spacial score (nSPS) is 25.8. The van der Waals surface area contributed by atoms with E-state index in [1.807, 2.05) is 0 Å². The molecule has 1 saturated carbocycles. The van der Waals surface area contributed by atoms with Crippen molar-refractivity contribution in [3.05, 3.63) is 17.2 Å². The third kappa shape index (κ3) is 2.56. The summed E-state index contributed by atoms with van der Waals surface area (Å²) in [6, 6.07) is 0. The second-order valence-electron chi connectivity index (χ2n) is 6.16. The van der Waals surface area contributed by atoms with E-state index in [1.54, 1.807) is 0 Å². The van der Waals surface area contributed by atoms with Crippen LogP contribution in [-0.2, 0) is 19.3 Å². The van der Waals surface area contributed by atoms with Crippen LogP contribution in [0.4, 0.5) is 0 Å². The van der Waals surface area contributed by atoms with Crippen LogP contribution in [-0.4, -0.2) is 9.97 Å². The third-order valence-electron chi connectivity index (χ3n) is 4.55. The predicted octanol–water partition coefficient (Wildman–Crippen LogP) is 3.66. The van der Waals surface area contributed by atoms with E-state index in [9.17, 15) is 0 Å². The Bertz CT molecular complexity index is 374. The number of aryl methyl sites for hydroxylation is 1. The van der Waals surface area contributed by atoms with Gasteiger partial charge >= 0.3 is 0 Å². The first-order valence-electron chi connectivity index (χ1n) is 7.38. The molecule has 0 radical (unpaired) electrons. The molecule has 0 bridgehead atoms. The first-order chi connectivity index (χ1) is 8.31. The summed E-state index contributed by atoms with van der Waals surface area (Å²) in [4.78, 5) is 8.42. The Labute approximate surface area is 104 Å². The maximum absolute atomic E-state index is 4.82. The summed E-state index contributed by atoms with van der Waals surface area (Å²) in [7, 11) is 0. The maximum Gasteiger partial charge on any atom is 0.106 e. The van der Waals surface area contributed by atoms with Crippen LogP contribution < -0.4 is 0 Å². The fourth-order valence-electron chi connectivity index (χ4n) is 3.48. The number of rotatable bonds is 2. The minimum absolute atomic E-state index is 0.838. The predicted molar refractivity (Wildman–Crippen MR) is 70.1 cm³/mol. The van der Waals surface area contributed by atoms with Crippen molar-refractivity contribution in [2.75, 3.05) is 0 Å². The van der Waals surface area contributed by atoms with Crippen LogP contribution in [0.2, 0.25) is 0 Å². The quantitative estimate of drug-likeness (QED) is 0.828. The second kappa shape index (κ2) is 4.83. The van der Waals surface area contributed by atoms with Gasteiger partial charge in [-0.25, -0.2) is 4.98 Å². The monoisotopic (exact) mass is 232 g/mol. The van der Waals surface area contributed by atoms with Crippen molar-refractivity contribution >= 4 is 0 Å². The first-order valence-corrected chi connectivity index (χ1v) is 7.38. The molecule has 1 fully saturated rings. The highest BCUT2D eigenvalue weighted by molar-refractivity contribution is 5.18. The number of aromatic nitrogens is 2. The standard InChI is InChI=1S/C15H24N2/c1-11-7-8-13-14(9-11)17-15(16-13)10-12-5-3-2-4-6-12/h11-12H,2-10H2,1H3,(H,16,17). The van der Waals surface area contributed by atoms with Crippen molar-refractivity contribution in [2.45, 2.75) is 64.7 Å². The van der Waals surface area contributed by atoms with Gasteiger partial charge in [0.25, 0.3) is 0 Å². The van der Waals surface area contributed by atoms with Gasteiger partial charge < -0.3 is 4.98 Å². The lowest BCUT2D eigenvalue weighted by Gasteiger charge is -2.20. The summed E-state index contributed by atoms with van der Waals surface area (Å²) in [5.41, 5.74) is 2.81. The van der Waals surface area contributed by atoms with E-state index in [0.717, 1.165) is 11.8 Å². The zero-order valence-electron chi connectivity index (χ0n) is 11.0. The Morgan fingerprint density at radius 2 is 2.00 bits per heavy atom. The molecule has 0 aliphatic heterocycles. The van der Waals surface area contributed by atoms with Gasteiger partial charge in [0.05, 0.1) is 5.69 Å². The van der Waals surface area contributed by atoms with Crippen LogP contribution in [0.15, 0.2) is 0 Å². The number of aromatic amines is 1. The molecule has 17 heavy (non-hydrogen) atoms. The Morgan fingerprint density at radius 3 is 2.82 bits per heavy atom. The lowest BCUT2D eigenvalue weighted by atomic mass is 9.87. The van der Waals surface area contributed by atoms with E-state index in [-0.39, 0.29) is 0 Å². The lowest BCUT2D eigenvalue weighted by Crippen LogP contribution is -2.10. The Hall–Kier alpha value is -0.790. The van der Waals surface area contributed by atoms with Crippen molar-refractivity contribution in [3.63, 3.8) is 0 Å². The summed E-state index contributed by atoms with van der Waals surface area (Å²) in [6.45, 7) is 2.35. The molecule has 2 nitrogen and oxygen atoms in total. The Morgan fingerprint density at radius 1 is 1.18 bits per heavy atom. The molecule has 0 aromatic carbocycles. The molecule has 0 saturated heterocycles. The van der Waals surface area contributed by atoms with Crippen LogP contribution in [0.1, 0.15) is 62.7 Å². The number of nitrogens with zero attached hydrogens (tertiary/aromatic N) is 1. The number of hydrogen-bond acceptors (Lipinski definition) is 1. The SMILES string of the molecule is CC1CCc2nc(CC3CCCCC3)[nH]c2C1. The fraction of sp³-hybridized carbons (Fsp3) is 0.800. The molecule has 0 spiro atoms. The summed E-state index contributed by atoms with van der Waals surface area (Å²) < 4.78 is 0. The minimum atomic E-state index is 0.838. The zero-order valence-corrected chi connectivity index (χ0v) is 11.0. The van der Waals surface area contributed by atoms with Crippen molar-refractivity contribution in [2.24, 2.45) is 11.8 Å². The average molecular weight is 232 g/mol. The Balaban J connectivity index is 1.67. The molecule has 94 valence electrons. The van der Waals surface area contributed by atoms with Crippen LogP contribution in [0.3, 0.4) is 0 Å². The van der Waals surface area contributed by atoms with E-state index in [0.29, 0.717) is 0 Å². The summed E-state index contributed by atoms with van der Waals surface area (Å²) in [6.07, 6.45) is 12.1. The van der Waals surface area contributed by atoms with Crippen molar-refractivity contribution < 1.29 is 0 Å². The van der Waals surface area contributed by atoms with Gasteiger partial charge in [-0.2, -0.15) is 0 Å². The average Bonchev–Trinajstić information content (AvgIpc) is 2.71. The molecule has 2 heteroatoms. The minimum Gasteiger partial charge on any atom is -0.346 e. The molecule has 2 aliphatic rings. The van der Waals surface area contributed by atoms with E-state index < -0.39 is 0 Å². The molecule has 1 heterocycles. The summed E-state index contributed by atoms with van der Waals surface area (Å²) >= 11 is 0. The van der Waals surface area contributed by atoms with Crippen LogP contribution in [0.25, 0.3) is 0 Å². The number of H-pyrrole nitrogens is 1. The highest BCUT2D eigenvalue weighted by Crippen LogP contribution is 2.28. The van der Waals surface area contributed by atoms with Crippen molar-refractivity contribution in [1.29, 1.82) is 0 Å². The topological polar surface area (TPSA) is 28.7 Å². The van der Waals surface area contributed by atoms with Gasteiger partial charge in [0.15, 0.2) is 0 Å². The van der Waals surface area contributed by atoms with Gasteiger partial charge in [-0.05, 0) is 31.1 Å². The summed E-state index contributed by atoms with van der Waals surface area (Å²) in [5, 5.41) is 0. The van der Waals surface area contributed by atoms with Crippen molar-refractivity contribution in [3.8, 4) is 0 Å². The van der Waals surface area contributed by atoms with E-state index in [1.165, 1.54) is 75.0 Å². The van der Waals surface area contributed by atoms with E-state index in [4.69, 9.17) is 4.98 Å². The lowest BCUT2D eigenvalue weighted by molar-refractivity contribution is 0.352. The van der Waals surface area contributed by atoms with Gasteiger partial charge in [0, 0.05) is 12.1 Å². The molecule has 2 aliphatic carbocycles. The number of fused-ring (bicyclic) bond motifs is 1. The van der Waals surface area contributed by atoms with Gasteiger partial charge in [0.1, 0.15) is 5.82 Å². The highest BCUT2D eigenvalue weighted by atomic mass is 14.9. The molecule has 0 amide bonds. The van der Waals surface area contributed by atoms with Gasteiger partial charge in [-0.15, -0.1) is 0 Å². The van der Waals surface area contributed by atoms with Crippen LogP contribution in [0.5, 0.6) is 0 Å². The molecule has 1 aromatic rings. The van der Waals surface area contributed by atoms with Crippen molar-refractivity contribution in [1.82, 2.24) is 9.97 Å². The molecule has 1 aromatic heterocycles. The van der Waals surface area contributed by atoms with E-state index >= 15 is 0 Å². The Kier molecular flexibility index (Phi) is 3.21. The molecular weight excluding hydrogens is 208 g/mol. The molecule has 3 rings (SSSR count). The molecular formula is C15H24N2.